The molecule has 3 aromatic rings. The normalized spacial score (nSPS) is 18.8. The second-order valence-electron chi connectivity index (χ2n) is 8.32. The lowest BCUT2D eigenvalue weighted by Crippen LogP contribution is -2.55. The van der Waals surface area contributed by atoms with Gasteiger partial charge in [0.2, 0.25) is 0 Å². The molecule has 1 unspecified atom stereocenters. The number of piperazine rings is 1. The largest absolute Gasteiger partial charge is 0.365 e. The van der Waals surface area contributed by atoms with Crippen molar-refractivity contribution in [3.05, 3.63) is 65.6 Å². The molecular formula is C24H26FN3O. The minimum absolute atomic E-state index is 0.0990. The van der Waals surface area contributed by atoms with E-state index in [-0.39, 0.29) is 11.6 Å². The Hall–Kier alpha value is -2.66. The van der Waals surface area contributed by atoms with E-state index in [2.05, 4.69) is 45.8 Å². The molecule has 0 spiro atoms. The molecule has 2 aromatic carbocycles. The van der Waals surface area contributed by atoms with Gasteiger partial charge < -0.3 is 9.47 Å². The van der Waals surface area contributed by atoms with Crippen LogP contribution in [-0.2, 0) is 13.5 Å². The summed E-state index contributed by atoms with van der Waals surface area (Å²) in [4.78, 5) is 17.4. The molecule has 1 atom stereocenters. The summed E-state index contributed by atoms with van der Waals surface area (Å²) in [6.45, 7) is 4.03. The van der Waals surface area contributed by atoms with E-state index in [4.69, 9.17) is 0 Å². The number of hydrogen-bond donors (Lipinski definition) is 0. The molecule has 2 aliphatic rings. The fourth-order valence-corrected chi connectivity index (χ4v) is 5.02. The van der Waals surface area contributed by atoms with Crippen LogP contribution in [0.2, 0.25) is 0 Å². The van der Waals surface area contributed by atoms with Gasteiger partial charge in [0.05, 0.1) is 5.52 Å². The van der Waals surface area contributed by atoms with Crippen LogP contribution >= 0.6 is 0 Å². The van der Waals surface area contributed by atoms with Gasteiger partial charge in [-0.05, 0) is 61.3 Å². The quantitative estimate of drug-likeness (QED) is 0.615. The zero-order chi connectivity index (χ0) is 20.0. The van der Waals surface area contributed by atoms with Gasteiger partial charge in [-0.2, -0.15) is 0 Å². The van der Waals surface area contributed by atoms with E-state index in [1.54, 1.807) is 12.1 Å². The Balaban J connectivity index is 1.21. The second-order valence-corrected chi connectivity index (χ2v) is 8.32. The second kappa shape index (κ2) is 7.30. The molecule has 2 aliphatic heterocycles. The molecule has 0 N–H and O–H groups in total. The van der Waals surface area contributed by atoms with E-state index in [1.807, 2.05) is 0 Å². The van der Waals surface area contributed by atoms with Gasteiger partial charge in [-0.15, -0.1) is 0 Å². The molecule has 1 aromatic heterocycles. The standard InChI is InChI=1S/C24H26FN3O/c1-26-15-18-14-20-16-27(11-3-6-23(29)17-7-9-19(25)10-8-17)12-13-28(20)22-5-2-4-21(26)24(18)22/h2,4-5,7-10,15,20H,3,6,11-14,16H2,1H3. The lowest BCUT2D eigenvalue weighted by atomic mass is 9.94. The van der Waals surface area contributed by atoms with Gasteiger partial charge in [-0.1, -0.05) is 6.07 Å². The van der Waals surface area contributed by atoms with E-state index in [0.717, 1.165) is 39.0 Å². The summed E-state index contributed by atoms with van der Waals surface area (Å²) in [5, 5.41) is 1.42. The number of aryl methyl sites for hydroxylation is 1. The molecular weight excluding hydrogens is 365 g/mol. The Bertz CT molecular complexity index is 1060. The molecule has 5 rings (SSSR count). The van der Waals surface area contributed by atoms with Crippen LogP contribution in [0, 0.1) is 5.82 Å². The minimum Gasteiger partial charge on any atom is -0.365 e. The zero-order valence-corrected chi connectivity index (χ0v) is 16.8. The number of Topliss-reactive ketones (excluding diaryl/α,β-unsaturated/α-hetero) is 1. The maximum absolute atomic E-state index is 13.0. The monoisotopic (exact) mass is 391 g/mol. The number of ketones is 1. The summed E-state index contributed by atoms with van der Waals surface area (Å²) in [6, 6.07) is 13.0. The number of aromatic nitrogens is 1. The van der Waals surface area contributed by atoms with Gasteiger partial charge in [-0.3, -0.25) is 9.69 Å². The predicted molar refractivity (Wildman–Crippen MR) is 114 cm³/mol. The fourth-order valence-electron chi connectivity index (χ4n) is 5.02. The third-order valence-electron chi connectivity index (χ3n) is 6.45. The Morgan fingerprint density at radius 1 is 1.14 bits per heavy atom. The summed E-state index contributed by atoms with van der Waals surface area (Å²) in [7, 11) is 2.13. The van der Waals surface area contributed by atoms with E-state index in [9.17, 15) is 9.18 Å². The van der Waals surface area contributed by atoms with Gasteiger partial charge in [0.1, 0.15) is 5.82 Å². The molecule has 0 bridgehead atoms. The van der Waals surface area contributed by atoms with Crippen molar-refractivity contribution in [3.63, 3.8) is 0 Å². The average molecular weight is 391 g/mol. The summed E-state index contributed by atoms with van der Waals surface area (Å²) in [5.41, 5.74) is 4.75. The van der Waals surface area contributed by atoms with Crippen molar-refractivity contribution in [2.75, 3.05) is 31.1 Å². The molecule has 0 amide bonds. The van der Waals surface area contributed by atoms with Crippen molar-refractivity contribution in [2.45, 2.75) is 25.3 Å². The number of carbonyl (C=O) groups is 1. The zero-order valence-electron chi connectivity index (χ0n) is 16.8. The van der Waals surface area contributed by atoms with Crippen LogP contribution in [0.25, 0.3) is 10.9 Å². The minimum atomic E-state index is -0.302. The Kier molecular flexibility index (Phi) is 4.63. The highest BCUT2D eigenvalue weighted by molar-refractivity contribution is 5.97. The Morgan fingerprint density at radius 2 is 1.97 bits per heavy atom. The first kappa shape index (κ1) is 18.4. The van der Waals surface area contributed by atoms with E-state index < -0.39 is 0 Å². The molecule has 1 fully saturated rings. The maximum atomic E-state index is 13.0. The summed E-state index contributed by atoms with van der Waals surface area (Å²) in [5.74, 6) is -0.203. The molecule has 4 nitrogen and oxygen atoms in total. The van der Waals surface area contributed by atoms with Crippen molar-refractivity contribution in [1.29, 1.82) is 0 Å². The molecule has 29 heavy (non-hydrogen) atoms. The smallest absolute Gasteiger partial charge is 0.162 e. The first-order valence-electron chi connectivity index (χ1n) is 10.4. The number of carbonyl (C=O) groups excluding carboxylic acids is 1. The van der Waals surface area contributed by atoms with Crippen molar-refractivity contribution >= 4 is 22.4 Å². The van der Waals surface area contributed by atoms with Crippen LogP contribution in [0.5, 0.6) is 0 Å². The average Bonchev–Trinajstić information content (AvgIpc) is 3.05. The van der Waals surface area contributed by atoms with Crippen molar-refractivity contribution < 1.29 is 9.18 Å². The summed E-state index contributed by atoms with van der Waals surface area (Å²) in [6.07, 6.45) is 4.72. The van der Waals surface area contributed by atoms with E-state index in [0.29, 0.717) is 18.0 Å². The van der Waals surface area contributed by atoms with Crippen molar-refractivity contribution in [1.82, 2.24) is 9.47 Å². The first-order chi connectivity index (χ1) is 14.1. The van der Waals surface area contributed by atoms with Crippen LogP contribution in [0.3, 0.4) is 0 Å². The lowest BCUT2D eigenvalue weighted by molar-refractivity contribution is 0.0973. The van der Waals surface area contributed by atoms with Gasteiger partial charge in [0.25, 0.3) is 0 Å². The van der Waals surface area contributed by atoms with E-state index >= 15 is 0 Å². The number of hydrogen-bond acceptors (Lipinski definition) is 3. The fraction of sp³-hybridized carbons (Fsp3) is 0.375. The van der Waals surface area contributed by atoms with E-state index in [1.165, 1.54) is 34.3 Å². The Morgan fingerprint density at radius 3 is 2.79 bits per heavy atom. The van der Waals surface area contributed by atoms with Crippen LogP contribution in [0.4, 0.5) is 10.1 Å². The molecule has 0 aliphatic carbocycles. The van der Waals surface area contributed by atoms with Crippen LogP contribution in [-0.4, -0.2) is 47.5 Å². The summed E-state index contributed by atoms with van der Waals surface area (Å²) < 4.78 is 15.3. The topological polar surface area (TPSA) is 28.5 Å². The van der Waals surface area contributed by atoms with Gasteiger partial charge in [0, 0.05) is 62.0 Å². The van der Waals surface area contributed by atoms with Gasteiger partial charge in [0.15, 0.2) is 5.78 Å². The molecule has 5 heteroatoms. The van der Waals surface area contributed by atoms with Crippen LogP contribution < -0.4 is 4.90 Å². The number of anilines is 1. The predicted octanol–water partition coefficient (Wildman–Crippen LogP) is 4.03. The van der Waals surface area contributed by atoms with Crippen LogP contribution in [0.1, 0.15) is 28.8 Å². The molecule has 0 radical (unpaired) electrons. The highest BCUT2D eigenvalue weighted by atomic mass is 19.1. The lowest BCUT2D eigenvalue weighted by Gasteiger charge is -2.45. The van der Waals surface area contributed by atoms with Crippen LogP contribution in [0.15, 0.2) is 48.7 Å². The Labute approximate surface area is 170 Å². The number of halogens is 1. The highest BCUT2D eigenvalue weighted by Crippen LogP contribution is 2.38. The van der Waals surface area contributed by atoms with Gasteiger partial charge in [-0.25, -0.2) is 4.39 Å². The number of benzene rings is 2. The third-order valence-corrected chi connectivity index (χ3v) is 6.45. The third kappa shape index (κ3) is 3.33. The number of nitrogens with zero attached hydrogens (tertiary/aromatic N) is 3. The first-order valence-corrected chi connectivity index (χ1v) is 10.4. The van der Waals surface area contributed by atoms with Crippen molar-refractivity contribution in [2.24, 2.45) is 7.05 Å². The number of fused-ring (bicyclic) bond motifs is 2. The maximum Gasteiger partial charge on any atom is 0.162 e. The molecule has 1 saturated heterocycles. The molecule has 3 heterocycles. The summed E-state index contributed by atoms with van der Waals surface area (Å²) >= 11 is 0. The van der Waals surface area contributed by atoms with Gasteiger partial charge >= 0.3 is 0 Å². The SMILES string of the molecule is Cn1cc2c3c(cccc31)N1CCN(CCCC(=O)c3ccc(F)cc3)CC1C2. The highest BCUT2D eigenvalue weighted by Gasteiger charge is 2.33. The molecule has 150 valence electrons. The van der Waals surface area contributed by atoms with Crippen molar-refractivity contribution in [3.8, 4) is 0 Å². The molecule has 0 saturated carbocycles. The number of rotatable bonds is 5.